The predicted octanol–water partition coefficient (Wildman–Crippen LogP) is 3.05. The molecule has 1 N–H and O–H groups in total. The van der Waals surface area contributed by atoms with Crippen LogP contribution in [0.1, 0.15) is 32.3 Å². The van der Waals surface area contributed by atoms with E-state index in [-0.39, 0.29) is 0 Å². The van der Waals surface area contributed by atoms with Crippen LogP contribution in [0.15, 0.2) is 22.9 Å². The highest BCUT2D eigenvalue weighted by Gasteiger charge is 2.24. The Kier molecular flexibility index (Phi) is 5.79. The molecule has 1 fully saturated rings. The minimum Gasteiger partial charge on any atom is -0.315 e. The van der Waals surface area contributed by atoms with Gasteiger partial charge >= 0.3 is 0 Å². The van der Waals surface area contributed by atoms with Crippen LogP contribution in [0.2, 0.25) is 0 Å². The molecule has 1 aliphatic heterocycles. The molecule has 3 nitrogen and oxygen atoms in total. The zero-order chi connectivity index (χ0) is 13.7. The van der Waals surface area contributed by atoms with E-state index in [2.05, 4.69) is 51.0 Å². The van der Waals surface area contributed by atoms with E-state index in [9.17, 15) is 0 Å². The smallest absolute Gasteiger partial charge is 0.0410 e. The lowest BCUT2D eigenvalue weighted by atomic mass is 10.2. The van der Waals surface area contributed by atoms with Crippen molar-refractivity contribution in [1.82, 2.24) is 15.2 Å². The van der Waals surface area contributed by atoms with E-state index in [1.165, 1.54) is 24.9 Å². The molecule has 1 aliphatic rings. The standard InChI is InChI=1S/C15H24BrN3/c1-12(2)7-17-10-15-4-3-5-19(15)11-13-6-14(16)9-18-8-13/h6,8-9,12,15,17H,3-5,7,10-11H2,1-2H3. The summed E-state index contributed by atoms with van der Waals surface area (Å²) in [6.45, 7) is 8.96. The van der Waals surface area contributed by atoms with E-state index >= 15 is 0 Å². The van der Waals surface area contributed by atoms with Crippen LogP contribution in [-0.2, 0) is 6.54 Å². The molecule has 0 aromatic carbocycles. The van der Waals surface area contributed by atoms with Gasteiger partial charge in [-0.25, -0.2) is 0 Å². The summed E-state index contributed by atoms with van der Waals surface area (Å²) in [4.78, 5) is 6.83. The normalized spacial score (nSPS) is 20.3. The highest BCUT2D eigenvalue weighted by atomic mass is 79.9. The van der Waals surface area contributed by atoms with Crippen LogP contribution in [0.3, 0.4) is 0 Å². The maximum absolute atomic E-state index is 4.25. The number of hydrogen-bond donors (Lipinski definition) is 1. The van der Waals surface area contributed by atoms with Crippen molar-refractivity contribution in [3.8, 4) is 0 Å². The molecule has 1 aromatic rings. The van der Waals surface area contributed by atoms with Gasteiger partial charge in [0.15, 0.2) is 0 Å². The molecular formula is C15H24BrN3. The van der Waals surface area contributed by atoms with Crippen LogP contribution in [0.4, 0.5) is 0 Å². The summed E-state index contributed by atoms with van der Waals surface area (Å²) in [7, 11) is 0. The largest absolute Gasteiger partial charge is 0.315 e. The van der Waals surface area contributed by atoms with Crippen LogP contribution in [0, 0.1) is 5.92 Å². The van der Waals surface area contributed by atoms with Gasteiger partial charge in [-0.3, -0.25) is 9.88 Å². The fourth-order valence-corrected chi connectivity index (χ4v) is 3.06. The molecule has 1 aromatic heterocycles. The molecule has 1 atom stereocenters. The third-order valence-electron chi connectivity index (χ3n) is 3.58. The predicted molar refractivity (Wildman–Crippen MR) is 83.1 cm³/mol. The Hall–Kier alpha value is -0.450. The number of pyridine rings is 1. The lowest BCUT2D eigenvalue weighted by Gasteiger charge is -2.25. The van der Waals surface area contributed by atoms with Crippen LogP contribution in [-0.4, -0.2) is 35.6 Å². The number of nitrogens with zero attached hydrogens (tertiary/aromatic N) is 2. The molecule has 1 unspecified atom stereocenters. The fourth-order valence-electron chi connectivity index (χ4n) is 2.65. The molecule has 19 heavy (non-hydrogen) atoms. The van der Waals surface area contributed by atoms with E-state index in [4.69, 9.17) is 0 Å². The Morgan fingerprint density at radius 1 is 1.47 bits per heavy atom. The summed E-state index contributed by atoms with van der Waals surface area (Å²) < 4.78 is 1.07. The number of rotatable bonds is 6. The van der Waals surface area contributed by atoms with Crippen molar-refractivity contribution < 1.29 is 0 Å². The van der Waals surface area contributed by atoms with Crippen molar-refractivity contribution in [1.29, 1.82) is 0 Å². The van der Waals surface area contributed by atoms with E-state index in [1.54, 1.807) is 0 Å². The van der Waals surface area contributed by atoms with Crippen LogP contribution in [0.5, 0.6) is 0 Å². The van der Waals surface area contributed by atoms with E-state index in [1.807, 2.05) is 12.4 Å². The van der Waals surface area contributed by atoms with Crippen LogP contribution in [0.25, 0.3) is 0 Å². The van der Waals surface area contributed by atoms with Crippen LogP contribution >= 0.6 is 15.9 Å². The van der Waals surface area contributed by atoms with Gasteiger partial charge < -0.3 is 5.32 Å². The maximum atomic E-state index is 4.25. The number of aromatic nitrogens is 1. The van der Waals surface area contributed by atoms with Gasteiger partial charge in [0.1, 0.15) is 0 Å². The van der Waals surface area contributed by atoms with Crippen molar-refractivity contribution in [3.05, 3.63) is 28.5 Å². The second kappa shape index (κ2) is 7.36. The Bertz CT molecular complexity index is 395. The number of nitrogens with one attached hydrogen (secondary N) is 1. The highest BCUT2D eigenvalue weighted by Crippen LogP contribution is 2.20. The summed E-state index contributed by atoms with van der Waals surface area (Å²) in [5.74, 6) is 0.726. The third-order valence-corrected chi connectivity index (χ3v) is 4.01. The van der Waals surface area contributed by atoms with Gasteiger partial charge in [0, 0.05) is 36.0 Å². The molecule has 0 radical (unpaired) electrons. The summed E-state index contributed by atoms with van der Waals surface area (Å²) in [6.07, 6.45) is 6.44. The third kappa shape index (κ3) is 4.86. The molecule has 2 heterocycles. The molecule has 0 saturated carbocycles. The first-order valence-electron chi connectivity index (χ1n) is 7.19. The van der Waals surface area contributed by atoms with Crippen molar-refractivity contribution in [2.45, 2.75) is 39.3 Å². The Morgan fingerprint density at radius 3 is 3.05 bits per heavy atom. The van der Waals surface area contributed by atoms with Gasteiger partial charge in [-0.1, -0.05) is 13.8 Å². The van der Waals surface area contributed by atoms with Gasteiger partial charge in [0.2, 0.25) is 0 Å². The van der Waals surface area contributed by atoms with Gasteiger partial charge in [-0.2, -0.15) is 0 Å². The van der Waals surface area contributed by atoms with Gasteiger partial charge in [-0.15, -0.1) is 0 Å². The SMILES string of the molecule is CC(C)CNCC1CCCN1Cc1cncc(Br)c1. The van der Waals surface area contributed by atoms with Crippen molar-refractivity contribution in [3.63, 3.8) is 0 Å². The summed E-state index contributed by atoms with van der Waals surface area (Å²) in [5, 5.41) is 3.59. The molecule has 0 bridgehead atoms. The van der Waals surface area contributed by atoms with E-state index in [0.717, 1.165) is 30.0 Å². The van der Waals surface area contributed by atoms with E-state index in [0.29, 0.717) is 6.04 Å². The average Bonchev–Trinajstić information content (AvgIpc) is 2.76. The maximum Gasteiger partial charge on any atom is 0.0410 e. The quantitative estimate of drug-likeness (QED) is 0.871. The molecule has 0 amide bonds. The molecule has 2 rings (SSSR count). The Morgan fingerprint density at radius 2 is 2.32 bits per heavy atom. The highest BCUT2D eigenvalue weighted by molar-refractivity contribution is 9.10. The van der Waals surface area contributed by atoms with E-state index < -0.39 is 0 Å². The second-order valence-electron chi connectivity index (χ2n) is 5.83. The molecule has 1 saturated heterocycles. The minimum absolute atomic E-state index is 0.678. The first-order chi connectivity index (χ1) is 9.15. The van der Waals surface area contributed by atoms with Crippen LogP contribution < -0.4 is 5.32 Å². The zero-order valence-electron chi connectivity index (χ0n) is 11.9. The van der Waals surface area contributed by atoms with Crippen molar-refractivity contribution in [2.75, 3.05) is 19.6 Å². The molecular weight excluding hydrogens is 302 g/mol. The zero-order valence-corrected chi connectivity index (χ0v) is 13.5. The lowest BCUT2D eigenvalue weighted by molar-refractivity contribution is 0.237. The number of hydrogen-bond acceptors (Lipinski definition) is 3. The Labute approximate surface area is 124 Å². The summed E-state index contributed by atoms with van der Waals surface area (Å²) in [6, 6.07) is 2.85. The van der Waals surface area contributed by atoms with Crippen molar-refractivity contribution in [2.24, 2.45) is 5.92 Å². The van der Waals surface area contributed by atoms with Gasteiger partial charge in [-0.05, 0) is 59.4 Å². The topological polar surface area (TPSA) is 28.2 Å². The first-order valence-corrected chi connectivity index (χ1v) is 7.98. The average molecular weight is 326 g/mol. The molecule has 0 aliphatic carbocycles. The fraction of sp³-hybridized carbons (Fsp3) is 0.667. The van der Waals surface area contributed by atoms with Gasteiger partial charge in [0.05, 0.1) is 0 Å². The minimum atomic E-state index is 0.678. The summed E-state index contributed by atoms with van der Waals surface area (Å²) in [5.41, 5.74) is 1.30. The van der Waals surface area contributed by atoms with Crippen molar-refractivity contribution >= 4 is 15.9 Å². The van der Waals surface area contributed by atoms with Gasteiger partial charge in [0.25, 0.3) is 0 Å². The summed E-state index contributed by atoms with van der Waals surface area (Å²) >= 11 is 3.49. The monoisotopic (exact) mass is 325 g/mol. The Balaban J connectivity index is 1.84. The molecule has 4 heteroatoms. The molecule has 0 spiro atoms. The second-order valence-corrected chi connectivity index (χ2v) is 6.75. The first kappa shape index (κ1) is 14.9. The molecule has 106 valence electrons. The number of halogens is 1. The number of likely N-dealkylation sites (tertiary alicyclic amines) is 1. The lowest BCUT2D eigenvalue weighted by Crippen LogP contribution is -2.38.